The second kappa shape index (κ2) is 3.53. The van der Waals surface area contributed by atoms with E-state index in [1.807, 2.05) is 0 Å². The Morgan fingerprint density at radius 3 is 2.53 bits per heavy atom. The van der Waals surface area contributed by atoms with Gasteiger partial charge in [-0.05, 0) is 43.1 Å². The van der Waals surface area contributed by atoms with E-state index in [4.69, 9.17) is 0 Å². The van der Waals surface area contributed by atoms with Gasteiger partial charge in [0.05, 0.1) is 0 Å². The van der Waals surface area contributed by atoms with Crippen LogP contribution in [0.5, 0.6) is 0 Å². The van der Waals surface area contributed by atoms with E-state index in [-0.39, 0.29) is 0 Å². The summed E-state index contributed by atoms with van der Waals surface area (Å²) in [5.74, 6) is 0. The van der Waals surface area contributed by atoms with Gasteiger partial charge in [0.2, 0.25) is 0 Å². The molecule has 3 rings (SSSR count). The van der Waals surface area contributed by atoms with Crippen molar-refractivity contribution in [2.24, 2.45) is 0 Å². The first kappa shape index (κ1) is 9.22. The fourth-order valence-electron chi connectivity index (χ4n) is 2.72. The summed E-state index contributed by atoms with van der Waals surface area (Å²) in [6.45, 7) is 4.73. The molecule has 0 N–H and O–H groups in total. The minimum absolute atomic E-state index is 1.12. The van der Waals surface area contributed by atoms with Crippen LogP contribution in [0.4, 0.5) is 5.69 Å². The van der Waals surface area contributed by atoms with Crippen molar-refractivity contribution in [3.05, 3.63) is 29.3 Å². The first-order valence-corrected chi connectivity index (χ1v) is 5.88. The average Bonchev–Trinajstić information content (AvgIpc) is 2.82. The molecule has 0 amide bonds. The van der Waals surface area contributed by atoms with Gasteiger partial charge >= 0.3 is 0 Å². The molecule has 2 aliphatic heterocycles. The molecular formula is C13H18N2. The van der Waals surface area contributed by atoms with Crippen LogP contribution in [0.25, 0.3) is 0 Å². The van der Waals surface area contributed by atoms with Crippen molar-refractivity contribution in [2.45, 2.75) is 25.9 Å². The quantitative estimate of drug-likeness (QED) is 0.689. The number of hydrogen-bond acceptors (Lipinski definition) is 2. The minimum Gasteiger partial charge on any atom is -0.372 e. The summed E-state index contributed by atoms with van der Waals surface area (Å²) < 4.78 is 0. The molecule has 0 aliphatic carbocycles. The zero-order valence-electron chi connectivity index (χ0n) is 9.37. The van der Waals surface area contributed by atoms with Gasteiger partial charge in [-0.25, -0.2) is 0 Å². The highest BCUT2D eigenvalue weighted by Crippen LogP contribution is 2.28. The smallest absolute Gasteiger partial charge is 0.0369 e. The van der Waals surface area contributed by atoms with Crippen molar-refractivity contribution in [3.8, 4) is 0 Å². The van der Waals surface area contributed by atoms with Crippen molar-refractivity contribution in [1.29, 1.82) is 0 Å². The number of rotatable bonds is 1. The molecule has 15 heavy (non-hydrogen) atoms. The van der Waals surface area contributed by atoms with E-state index in [9.17, 15) is 0 Å². The second-order valence-corrected chi connectivity index (χ2v) is 4.82. The lowest BCUT2D eigenvalue weighted by molar-refractivity contribution is 0.353. The maximum atomic E-state index is 2.51. The Hall–Kier alpha value is -1.02. The molecule has 0 saturated carbocycles. The van der Waals surface area contributed by atoms with Crippen molar-refractivity contribution in [1.82, 2.24) is 4.90 Å². The third-order valence-corrected chi connectivity index (χ3v) is 3.54. The van der Waals surface area contributed by atoms with Gasteiger partial charge in [-0.2, -0.15) is 0 Å². The van der Waals surface area contributed by atoms with Gasteiger partial charge < -0.3 is 4.90 Å². The van der Waals surface area contributed by atoms with Gasteiger partial charge in [0.1, 0.15) is 0 Å². The molecule has 2 heterocycles. The predicted molar refractivity (Wildman–Crippen MR) is 63.1 cm³/mol. The molecule has 0 unspecified atom stereocenters. The van der Waals surface area contributed by atoms with Crippen LogP contribution >= 0.6 is 0 Å². The molecule has 0 spiro atoms. The lowest BCUT2D eigenvalue weighted by atomic mass is 10.1. The van der Waals surface area contributed by atoms with Crippen LogP contribution in [-0.4, -0.2) is 25.0 Å². The molecule has 1 fully saturated rings. The molecule has 0 aromatic heterocycles. The van der Waals surface area contributed by atoms with Gasteiger partial charge in [-0.1, -0.05) is 6.07 Å². The normalized spacial score (nSPS) is 21.0. The lowest BCUT2D eigenvalue weighted by Crippen LogP contribution is -2.17. The fraction of sp³-hybridized carbons (Fsp3) is 0.538. The highest BCUT2D eigenvalue weighted by Gasteiger charge is 2.18. The van der Waals surface area contributed by atoms with E-state index in [0.29, 0.717) is 0 Å². The molecule has 1 aromatic carbocycles. The number of anilines is 1. The van der Waals surface area contributed by atoms with E-state index in [2.05, 4.69) is 35.0 Å². The molecule has 2 nitrogen and oxygen atoms in total. The molecular weight excluding hydrogens is 184 g/mol. The van der Waals surface area contributed by atoms with Crippen LogP contribution in [0, 0.1) is 0 Å². The largest absolute Gasteiger partial charge is 0.372 e. The number of fused-ring (bicyclic) bond motifs is 1. The fourth-order valence-corrected chi connectivity index (χ4v) is 2.72. The Morgan fingerprint density at radius 2 is 1.73 bits per heavy atom. The molecule has 1 saturated heterocycles. The van der Waals surface area contributed by atoms with Crippen molar-refractivity contribution in [2.75, 3.05) is 25.0 Å². The Kier molecular flexibility index (Phi) is 2.17. The maximum Gasteiger partial charge on any atom is 0.0369 e. The van der Waals surface area contributed by atoms with E-state index in [1.165, 1.54) is 42.7 Å². The van der Waals surface area contributed by atoms with Crippen LogP contribution in [-0.2, 0) is 13.1 Å². The maximum absolute atomic E-state index is 2.51. The van der Waals surface area contributed by atoms with E-state index in [1.54, 1.807) is 0 Å². The Labute approximate surface area is 91.5 Å². The standard InChI is InChI=1S/C13H18N2/c1-14-9-11-4-5-13(8-12(11)10-14)15-6-2-3-7-15/h4-5,8H,2-3,6-7,9-10H2,1H3. The summed E-state index contributed by atoms with van der Waals surface area (Å²) in [7, 11) is 2.19. The van der Waals surface area contributed by atoms with Crippen LogP contribution in [0.2, 0.25) is 0 Å². The van der Waals surface area contributed by atoms with Crippen molar-refractivity contribution < 1.29 is 0 Å². The summed E-state index contributed by atoms with van der Waals surface area (Å²) in [6.07, 6.45) is 2.72. The summed E-state index contributed by atoms with van der Waals surface area (Å²) in [6, 6.07) is 7.00. The SMILES string of the molecule is CN1Cc2ccc(N3CCCC3)cc2C1. The van der Waals surface area contributed by atoms with Gasteiger partial charge in [-0.3, -0.25) is 4.90 Å². The van der Waals surface area contributed by atoms with Gasteiger partial charge in [-0.15, -0.1) is 0 Å². The average molecular weight is 202 g/mol. The molecule has 2 heteroatoms. The number of nitrogens with zero attached hydrogens (tertiary/aromatic N) is 2. The molecule has 2 aliphatic rings. The van der Waals surface area contributed by atoms with Crippen LogP contribution < -0.4 is 4.90 Å². The topological polar surface area (TPSA) is 6.48 Å². The highest BCUT2D eigenvalue weighted by molar-refractivity contribution is 5.52. The monoisotopic (exact) mass is 202 g/mol. The van der Waals surface area contributed by atoms with Crippen molar-refractivity contribution >= 4 is 5.69 Å². The van der Waals surface area contributed by atoms with E-state index >= 15 is 0 Å². The Morgan fingerprint density at radius 1 is 1.00 bits per heavy atom. The van der Waals surface area contributed by atoms with Gasteiger partial charge in [0.15, 0.2) is 0 Å². The molecule has 80 valence electrons. The van der Waals surface area contributed by atoms with E-state index in [0.717, 1.165) is 13.1 Å². The minimum atomic E-state index is 1.12. The third-order valence-electron chi connectivity index (χ3n) is 3.54. The van der Waals surface area contributed by atoms with Crippen LogP contribution in [0.1, 0.15) is 24.0 Å². The molecule has 0 radical (unpaired) electrons. The Bertz CT molecular complexity index is 367. The van der Waals surface area contributed by atoms with Crippen LogP contribution in [0.3, 0.4) is 0 Å². The van der Waals surface area contributed by atoms with Gasteiger partial charge in [0.25, 0.3) is 0 Å². The zero-order valence-corrected chi connectivity index (χ0v) is 9.37. The molecule has 0 bridgehead atoms. The molecule has 1 aromatic rings. The number of benzene rings is 1. The zero-order chi connectivity index (χ0) is 10.3. The van der Waals surface area contributed by atoms with Crippen LogP contribution in [0.15, 0.2) is 18.2 Å². The van der Waals surface area contributed by atoms with Crippen molar-refractivity contribution in [3.63, 3.8) is 0 Å². The molecule has 0 atom stereocenters. The first-order valence-electron chi connectivity index (χ1n) is 5.88. The summed E-state index contributed by atoms with van der Waals surface area (Å²) in [5, 5.41) is 0. The Balaban J connectivity index is 1.89. The highest BCUT2D eigenvalue weighted by atomic mass is 15.1. The second-order valence-electron chi connectivity index (χ2n) is 4.82. The number of hydrogen-bond donors (Lipinski definition) is 0. The lowest BCUT2D eigenvalue weighted by Gasteiger charge is -2.18. The predicted octanol–water partition coefficient (Wildman–Crippen LogP) is 2.23. The summed E-state index contributed by atoms with van der Waals surface area (Å²) in [5.41, 5.74) is 4.48. The van der Waals surface area contributed by atoms with Gasteiger partial charge in [0, 0.05) is 31.9 Å². The van der Waals surface area contributed by atoms with E-state index < -0.39 is 0 Å². The first-order chi connectivity index (χ1) is 7.33. The summed E-state index contributed by atoms with van der Waals surface area (Å²) in [4.78, 5) is 4.89. The summed E-state index contributed by atoms with van der Waals surface area (Å²) >= 11 is 0. The third kappa shape index (κ3) is 1.63.